The van der Waals surface area contributed by atoms with Crippen molar-refractivity contribution in [3.8, 4) is 0 Å². The topological polar surface area (TPSA) is 32.3 Å². The first-order valence-electron chi connectivity index (χ1n) is 6.52. The van der Waals surface area contributed by atoms with Crippen LogP contribution >= 0.6 is 0 Å². The molecule has 0 amide bonds. The minimum atomic E-state index is -0.347. The van der Waals surface area contributed by atoms with E-state index in [2.05, 4.69) is 45.1 Å². The van der Waals surface area contributed by atoms with Crippen LogP contribution in [0.3, 0.4) is 0 Å². The van der Waals surface area contributed by atoms with Crippen LogP contribution in [0.4, 0.5) is 0 Å². The summed E-state index contributed by atoms with van der Waals surface area (Å²) in [4.78, 5) is 0. The quantitative estimate of drug-likeness (QED) is 0.743. The summed E-state index contributed by atoms with van der Waals surface area (Å²) in [7, 11) is 0. The lowest BCUT2D eigenvalue weighted by Gasteiger charge is -2.17. The van der Waals surface area contributed by atoms with E-state index in [0.717, 1.165) is 31.5 Å². The van der Waals surface area contributed by atoms with Gasteiger partial charge in [0, 0.05) is 0 Å². The number of benzene rings is 1. The molecule has 0 aliphatic heterocycles. The van der Waals surface area contributed by atoms with Gasteiger partial charge in [0.25, 0.3) is 0 Å². The van der Waals surface area contributed by atoms with E-state index in [4.69, 9.17) is 0 Å². The van der Waals surface area contributed by atoms with E-state index in [1.807, 2.05) is 0 Å². The average Bonchev–Trinajstić information content (AvgIpc) is 2.23. The highest BCUT2D eigenvalue weighted by Gasteiger charge is 2.13. The highest BCUT2D eigenvalue weighted by molar-refractivity contribution is 5.38. The Kier molecular flexibility index (Phi) is 5.66. The van der Waals surface area contributed by atoms with Gasteiger partial charge in [-0.05, 0) is 63.4 Å². The fraction of sp³-hybridized carbons (Fsp3) is 0.600. The normalized spacial score (nSPS) is 12.8. The smallest absolute Gasteiger partial charge is 0.0807 e. The lowest BCUT2D eigenvalue weighted by Crippen LogP contribution is -2.18. The minimum absolute atomic E-state index is 0.347. The molecular formula is C15H25NO. The molecule has 1 rings (SSSR count). The molecule has 96 valence electrons. The van der Waals surface area contributed by atoms with Gasteiger partial charge in [-0.1, -0.05) is 24.6 Å². The predicted octanol–water partition coefficient (Wildman–Crippen LogP) is 3.03. The van der Waals surface area contributed by atoms with E-state index in [1.165, 1.54) is 16.7 Å². The van der Waals surface area contributed by atoms with Crippen LogP contribution in [-0.2, 0) is 0 Å². The van der Waals surface area contributed by atoms with Crippen molar-refractivity contribution in [2.24, 2.45) is 0 Å². The molecule has 2 nitrogen and oxygen atoms in total. The zero-order chi connectivity index (χ0) is 12.8. The number of rotatable bonds is 6. The SMILES string of the molecule is CCCNCCC(O)c1c(C)cc(C)cc1C. The molecule has 0 spiro atoms. The first kappa shape index (κ1) is 14.2. The van der Waals surface area contributed by atoms with Gasteiger partial charge in [-0.3, -0.25) is 0 Å². The Hall–Kier alpha value is -0.860. The van der Waals surface area contributed by atoms with Gasteiger partial charge in [0.05, 0.1) is 6.10 Å². The van der Waals surface area contributed by atoms with Crippen molar-refractivity contribution >= 4 is 0 Å². The van der Waals surface area contributed by atoms with Crippen LogP contribution in [0, 0.1) is 20.8 Å². The van der Waals surface area contributed by atoms with Gasteiger partial charge in [0.15, 0.2) is 0 Å². The molecule has 0 aliphatic rings. The molecule has 2 heteroatoms. The van der Waals surface area contributed by atoms with E-state index in [-0.39, 0.29) is 6.10 Å². The van der Waals surface area contributed by atoms with Crippen molar-refractivity contribution < 1.29 is 5.11 Å². The number of aliphatic hydroxyl groups is 1. The minimum Gasteiger partial charge on any atom is -0.388 e. The van der Waals surface area contributed by atoms with Gasteiger partial charge in [-0.2, -0.15) is 0 Å². The Bertz CT molecular complexity index is 337. The predicted molar refractivity (Wildman–Crippen MR) is 73.4 cm³/mol. The Morgan fingerprint density at radius 1 is 1.12 bits per heavy atom. The fourth-order valence-corrected chi connectivity index (χ4v) is 2.40. The monoisotopic (exact) mass is 235 g/mol. The molecule has 1 atom stereocenters. The van der Waals surface area contributed by atoms with E-state index in [1.54, 1.807) is 0 Å². The maximum atomic E-state index is 10.2. The van der Waals surface area contributed by atoms with Crippen LogP contribution in [0.5, 0.6) is 0 Å². The first-order valence-corrected chi connectivity index (χ1v) is 6.52. The molecular weight excluding hydrogens is 210 g/mol. The van der Waals surface area contributed by atoms with Crippen LogP contribution in [0.25, 0.3) is 0 Å². The van der Waals surface area contributed by atoms with Gasteiger partial charge >= 0.3 is 0 Å². The Morgan fingerprint density at radius 2 is 1.71 bits per heavy atom. The molecule has 1 aromatic rings. The molecule has 0 aliphatic carbocycles. The van der Waals surface area contributed by atoms with Crippen molar-refractivity contribution in [2.75, 3.05) is 13.1 Å². The van der Waals surface area contributed by atoms with Gasteiger partial charge in [-0.25, -0.2) is 0 Å². The Labute approximate surface area is 105 Å². The highest BCUT2D eigenvalue weighted by Crippen LogP contribution is 2.25. The number of aryl methyl sites for hydroxylation is 3. The van der Waals surface area contributed by atoms with Gasteiger partial charge < -0.3 is 10.4 Å². The number of nitrogens with one attached hydrogen (secondary N) is 1. The molecule has 0 bridgehead atoms. The van der Waals surface area contributed by atoms with E-state index < -0.39 is 0 Å². The maximum Gasteiger partial charge on any atom is 0.0807 e. The maximum absolute atomic E-state index is 10.2. The average molecular weight is 235 g/mol. The van der Waals surface area contributed by atoms with Crippen LogP contribution in [0.1, 0.15) is 48.1 Å². The molecule has 0 radical (unpaired) electrons. The largest absolute Gasteiger partial charge is 0.388 e. The second kappa shape index (κ2) is 6.77. The summed E-state index contributed by atoms with van der Waals surface area (Å²) in [5, 5.41) is 13.6. The van der Waals surface area contributed by atoms with E-state index in [9.17, 15) is 5.11 Å². The van der Waals surface area contributed by atoms with Crippen LogP contribution in [-0.4, -0.2) is 18.2 Å². The molecule has 0 heterocycles. The molecule has 2 N–H and O–H groups in total. The number of hydrogen-bond donors (Lipinski definition) is 2. The third kappa shape index (κ3) is 4.14. The van der Waals surface area contributed by atoms with Crippen molar-refractivity contribution in [1.82, 2.24) is 5.32 Å². The second-order valence-electron chi connectivity index (χ2n) is 4.87. The van der Waals surface area contributed by atoms with Crippen LogP contribution in [0.15, 0.2) is 12.1 Å². The summed E-state index contributed by atoms with van der Waals surface area (Å²) >= 11 is 0. The third-order valence-corrected chi connectivity index (χ3v) is 3.09. The lowest BCUT2D eigenvalue weighted by molar-refractivity contribution is 0.165. The van der Waals surface area contributed by atoms with Crippen LogP contribution in [0.2, 0.25) is 0 Å². The van der Waals surface area contributed by atoms with Crippen molar-refractivity contribution in [3.63, 3.8) is 0 Å². The lowest BCUT2D eigenvalue weighted by atomic mass is 9.94. The molecule has 17 heavy (non-hydrogen) atoms. The highest BCUT2D eigenvalue weighted by atomic mass is 16.3. The van der Waals surface area contributed by atoms with Gasteiger partial charge in [-0.15, -0.1) is 0 Å². The zero-order valence-electron chi connectivity index (χ0n) is 11.5. The molecule has 0 fully saturated rings. The molecule has 0 saturated heterocycles. The molecule has 1 unspecified atom stereocenters. The van der Waals surface area contributed by atoms with Crippen molar-refractivity contribution in [3.05, 3.63) is 34.4 Å². The van der Waals surface area contributed by atoms with E-state index >= 15 is 0 Å². The molecule has 0 saturated carbocycles. The number of hydrogen-bond acceptors (Lipinski definition) is 2. The fourth-order valence-electron chi connectivity index (χ4n) is 2.40. The Balaban J connectivity index is 2.65. The standard InChI is InChI=1S/C15H25NO/c1-5-7-16-8-6-14(17)15-12(3)9-11(2)10-13(15)4/h9-10,14,16-17H,5-8H2,1-4H3. The van der Waals surface area contributed by atoms with E-state index in [0.29, 0.717) is 0 Å². The summed E-state index contributed by atoms with van der Waals surface area (Å²) in [5.41, 5.74) is 4.77. The second-order valence-corrected chi connectivity index (χ2v) is 4.87. The van der Waals surface area contributed by atoms with Crippen molar-refractivity contribution in [2.45, 2.75) is 46.6 Å². The molecule has 0 aromatic heterocycles. The Morgan fingerprint density at radius 3 is 2.24 bits per heavy atom. The number of aliphatic hydroxyl groups excluding tert-OH is 1. The summed E-state index contributed by atoms with van der Waals surface area (Å²) in [5.74, 6) is 0. The summed E-state index contributed by atoms with van der Waals surface area (Å²) in [6.45, 7) is 10.3. The zero-order valence-corrected chi connectivity index (χ0v) is 11.5. The molecule has 1 aromatic carbocycles. The van der Waals surface area contributed by atoms with Gasteiger partial charge in [0.2, 0.25) is 0 Å². The van der Waals surface area contributed by atoms with Gasteiger partial charge in [0.1, 0.15) is 0 Å². The van der Waals surface area contributed by atoms with Crippen molar-refractivity contribution in [1.29, 1.82) is 0 Å². The summed E-state index contributed by atoms with van der Waals surface area (Å²) < 4.78 is 0. The summed E-state index contributed by atoms with van der Waals surface area (Å²) in [6.07, 6.45) is 1.57. The summed E-state index contributed by atoms with van der Waals surface area (Å²) in [6, 6.07) is 4.29. The first-order chi connectivity index (χ1) is 8.06. The van der Waals surface area contributed by atoms with Crippen LogP contribution < -0.4 is 5.32 Å². The third-order valence-electron chi connectivity index (χ3n) is 3.09.